The Balaban J connectivity index is 1.54. The van der Waals surface area contributed by atoms with E-state index >= 15 is 0 Å². The Labute approximate surface area is 208 Å². The number of hydrogen-bond donors (Lipinski definition) is 1. The number of rotatable bonds is 10. The fourth-order valence-electron chi connectivity index (χ4n) is 4.52. The lowest BCUT2D eigenvalue weighted by molar-refractivity contribution is -0.119. The van der Waals surface area contributed by atoms with Crippen LogP contribution in [0.5, 0.6) is 0 Å². The van der Waals surface area contributed by atoms with Gasteiger partial charge in [-0.05, 0) is 67.2 Å². The third-order valence-electron chi connectivity index (χ3n) is 6.45. The number of aryl methyl sites for hydroxylation is 1. The molecule has 0 radical (unpaired) electrons. The normalized spacial score (nSPS) is 14.1. The summed E-state index contributed by atoms with van der Waals surface area (Å²) >= 11 is 0. The maximum Gasteiger partial charge on any atom is 0.264 e. The standard InChI is InChI=1S/C28H33N3O3S/c1-2-23-12-8-9-17-27(23)31(35(33,34)26-15-4-3-5-16-26)22-28(32)29-20-24-13-6-7-14-25(24)21-30-18-10-11-19-30/h3-9,12-17H,2,10-11,18-22H2,1H3,(H,29,32). The second-order valence-electron chi connectivity index (χ2n) is 8.84. The lowest BCUT2D eigenvalue weighted by atomic mass is 10.1. The van der Waals surface area contributed by atoms with Gasteiger partial charge in [-0.25, -0.2) is 8.42 Å². The molecule has 7 heteroatoms. The fourth-order valence-corrected chi connectivity index (χ4v) is 6.00. The maximum absolute atomic E-state index is 13.6. The highest BCUT2D eigenvalue weighted by Crippen LogP contribution is 2.27. The van der Waals surface area contributed by atoms with Gasteiger partial charge in [-0.2, -0.15) is 0 Å². The van der Waals surface area contributed by atoms with Crippen LogP contribution in [0.1, 0.15) is 36.5 Å². The van der Waals surface area contributed by atoms with Gasteiger partial charge >= 0.3 is 0 Å². The van der Waals surface area contributed by atoms with Gasteiger partial charge in [0.15, 0.2) is 0 Å². The molecule has 1 saturated heterocycles. The van der Waals surface area contributed by atoms with E-state index in [0.717, 1.165) is 30.8 Å². The average Bonchev–Trinajstić information content (AvgIpc) is 3.40. The Morgan fingerprint density at radius 3 is 2.14 bits per heavy atom. The Morgan fingerprint density at radius 2 is 1.46 bits per heavy atom. The molecule has 1 fully saturated rings. The van der Waals surface area contributed by atoms with Crippen LogP contribution in [0.4, 0.5) is 5.69 Å². The van der Waals surface area contributed by atoms with Crippen molar-refractivity contribution in [1.82, 2.24) is 10.2 Å². The van der Waals surface area contributed by atoms with Gasteiger partial charge in [0.25, 0.3) is 10.0 Å². The molecule has 1 amide bonds. The number of carbonyl (C=O) groups is 1. The summed E-state index contributed by atoms with van der Waals surface area (Å²) in [5.41, 5.74) is 3.65. The number of anilines is 1. The molecule has 6 nitrogen and oxygen atoms in total. The van der Waals surface area contributed by atoms with Crippen molar-refractivity contribution in [2.24, 2.45) is 0 Å². The summed E-state index contributed by atoms with van der Waals surface area (Å²) in [6.07, 6.45) is 3.11. The summed E-state index contributed by atoms with van der Waals surface area (Å²) in [6.45, 7) is 5.11. The number of sulfonamides is 1. The molecule has 35 heavy (non-hydrogen) atoms. The number of nitrogens with zero attached hydrogens (tertiary/aromatic N) is 2. The molecule has 0 spiro atoms. The van der Waals surface area contributed by atoms with E-state index in [1.807, 2.05) is 37.3 Å². The molecular formula is C28H33N3O3S. The van der Waals surface area contributed by atoms with Gasteiger partial charge in [-0.1, -0.05) is 67.6 Å². The summed E-state index contributed by atoms with van der Waals surface area (Å²) in [6, 6.07) is 23.7. The first kappa shape index (κ1) is 24.9. The van der Waals surface area contributed by atoms with E-state index in [1.54, 1.807) is 42.5 Å². The Kier molecular flexibility index (Phi) is 8.21. The van der Waals surface area contributed by atoms with Crippen molar-refractivity contribution in [3.05, 3.63) is 95.6 Å². The molecule has 4 rings (SSSR count). The Bertz CT molecular complexity index is 1240. The maximum atomic E-state index is 13.6. The van der Waals surface area contributed by atoms with E-state index in [4.69, 9.17) is 0 Å². The second-order valence-corrected chi connectivity index (χ2v) is 10.7. The summed E-state index contributed by atoms with van der Waals surface area (Å²) in [5, 5.41) is 2.96. The van der Waals surface area contributed by atoms with Crippen molar-refractivity contribution >= 4 is 21.6 Å². The Hall–Kier alpha value is -3.16. The Morgan fingerprint density at radius 1 is 0.857 bits per heavy atom. The highest BCUT2D eigenvalue weighted by Gasteiger charge is 2.28. The average molecular weight is 492 g/mol. The molecule has 3 aromatic rings. The van der Waals surface area contributed by atoms with Crippen molar-refractivity contribution in [3.63, 3.8) is 0 Å². The van der Waals surface area contributed by atoms with E-state index in [2.05, 4.69) is 16.3 Å². The number of nitrogens with one attached hydrogen (secondary N) is 1. The molecule has 1 aliphatic rings. The van der Waals surface area contributed by atoms with E-state index < -0.39 is 10.0 Å². The van der Waals surface area contributed by atoms with Crippen LogP contribution in [0, 0.1) is 0 Å². The van der Waals surface area contributed by atoms with Crippen LogP contribution in [-0.4, -0.2) is 38.9 Å². The molecule has 3 aromatic carbocycles. The minimum absolute atomic E-state index is 0.162. The van der Waals surface area contributed by atoms with Gasteiger partial charge in [0.1, 0.15) is 6.54 Å². The first-order valence-corrected chi connectivity index (χ1v) is 13.6. The van der Waals surface area contributed by atoms with Crippen LogP contribution in [0.25, 0.3) is 0 Å². The number of amides is 1. The minimum atomic E-state index is -3.92. The zero-order valence-electron chi connectivity index (χ0n) is 20.2. The number of benzene rings is 3. The van der Waals surface area contributed by atoms with Gasteiger partial charge < -0.3 is 5.32 Å². The van der Waals surface area contributed by atoms with E-state index in [9.17, 15) is 13.2 Å². The molecule has 0 atom stereocenters. The summed E-state index contributed by atoms with van der Waals surface area (Å²) in [5.74, 6) is -0.341. The van der Waals surface area contributed by atoms with Crippen LogP contribution in [-0.2, 0) is 34.3 Å². The highest BCUT2D eigenvalue weighted by molar-refractivity contribution is 7.92. The summed E-state index contributed by atoms with van der Waals surface area (Å²) in [7, 11) is -3.92. The van der Waals surface area contributed by atoms with Crippen molar-refractivity contribution in [2.75, 3.05) is 23.9 Å². The number of carbonyl (C=O) groups excluding carboxylic acids is 1. The molecule has 0 bridgehead atoms. The predicted octanol–water partition coefficient (Wildman–Crippen LogP) is 4.36. The van der Waals surface area contributed by atoms with Crippen LogP contribution < -0.4 is 9.62 Å². The van der Waals surface area contributed by atoms with Crippen molar-refractivity contribution in [1.29, 1.82) is 0 Å². The third kappa shape index (κ3) is 6.10. The van der Waals surface area contributed by atoms with Crippen LogP contribution >= 0.6 is 0 Å². The molecule has 0 unspecified atom stereocenters. The molecule has 184 valence electrons. The van der Waals surface area contributed by atoms with Gasteiger partial charge in [0.05, 0.1) is 10.6 Å². The predicted molar refractivity (Wildman–Crippen MR) is 140 cm³/mol. The van der Waals surface area contributed by atoms with E-state index in [0.29, 0.717) is 18.7 Å². The molecular weight excluding hydrogens is 458 g/mol. The fraction of sp³-hybridized carbons (Fsp3) is 0.321. The molecule has 1 aliphatic heterocycles. The lowest BCUT2D eigenvalue weighted by Crippen LogP contribution is -2.41. The lowest BCUT2D eigenvalue weighted by Gasteiger charge is -2.26. The number of likely N-dealkylation sites (tertiary alicyclic amines) is 1. The molecule has 0 aliphatic carbocycles. The first-order chi connectivity index (χ1) is 17.0. The number of hydrogen-bond acceptors (Lipinski definition) is 4. The largest absolute Gasteiger partial charge is 0.350 e. The highest BCUT2D eigenvalue weighted by atomic mass is 32.2. The van der Waals surface area contributed by atoms with Crippen molar-refractivity contribution < 1.29 is 13.2 Å². The van der Waals surface area contributed by atoms with Crippen molar-refractivity contribution in [3.8, 4) is 0 Å². The molecule has 0 saturated carbocycles. The minimum Gasteiger partial charge on any atom is -0.350 e. The van der Waals surface area contributed by atoms with Crippen molar-refractivity contribution in [2.45, 2.75) is 44.2 Å². The molecule has 1 heterocycles. The third-order valence-corrected chi connectivity index (χ3v) is 8.22. The van der Waals surface area contributed by atoms with E-state index in [1.165, 1.54) is 22.7 Å². The second kappa shape index (κ2) is 11.5. The van der Waals surface area contributed by atoms with Gasteiger partial charge in [-0.15, -0.1) is 0 Å². The van der Waals surface area contributed by atoms with Crippen LogP contribution in [0.3, 0.4) is 0 Å². The van der Waals surface area contributed by atoms with Gasteiger partial charge in [0, 0.05) is 13.1 Å². The monoisotopic (exact) mass is 491 g/mol. The van der Waals surface area contributed by atoms with E-state index in [-0.39, 0.29) is 17.3 Å². The number of para-hydroxylation sites is 1. The summed E-state index contributed by atoms with van der Waals surface area (Å²) in [4.78, 5) is 15.7. The van der Waals surface area contributed by atoms with Gasteiger partial charge in [0.2, 0.25) is 5.91 Å². The zero-order valence-corrected chi connectivity index (χ0v) is 21.0. The van der Waals surface area contributed by atoms with Crippen LogP contribution in [0.2, 0.25) is 0 Å². The quantitative estimate of drug-likeness (QED) is 0.458. The topological polar surface area (TPSA) is 69.7 Å². The SMILES string of the molecule is CCc1ccccc1N(CC(=O)NCc1ccccc1CN1CCCC1)S(=O)(=O)c1ccccc1. The molecule has 1 N–H and O–H groups in total. The van der Waals surface area contributed by atoms with Gasteiger partial charge in [-0.3, -0.25) is 14.0 Å². The zero-order chi connectivity index (χ0) is 24.7. The first-order valence-electron chi connectivity index (χ1n) is 12.2. The smallest absolute Gasteiger partial charge is 0.264 e. The molecule has 0 aromatic heterocycles. The summed E-state index contributed by atoms with van der Waals surface area (Å²) < 4.78 is 28.4. The van der Waals surface area contributed by atoms with Crippen LogP contribution in [0.15, 0.2) is 83.8 Å².